The van der Waals surface area contributed by atoms with E-state index < -0.39 is 0 Å². The number of hydrogen-bond acceptors (Lipinski definition) is 2. The third-order valence-corrected chi connectivity index (χ3v) is 3.65. The van der Waals surface area contributed by atoms with Crippen LogP contribution in [0.1, 0.15) is 38.5 Å². The molecule has 76 valence electrons. The molecule has 2 saturated carbocycles. The monoisotopic (exact) mass is 183 g/mol. The molecular formula is C11H21NO. The number of likely N-dealkylation sites (N-methyl/N-ethyl adjacent to an activating group) is 1. The summed E-state index contributed by atoms with van der Waals surface area (Å²) in [6, 6.07) is 0. The van der Waals surface area contributed by atoms with E-state index in [1.807, 2.05) is 7.05 Å². The van der Waals surface area contributed by atoms with Crippen LogP contribution in [0.3, 0.4) is 0 Å². The lowest BCUT2D eigenvalue weighted by molar-refractivity contribution is -0.0173. The first kappa shape index (κ1) is 9.47. The largest absolute Gasteiger partial charge is 0.389 e. The zero-order chi connectivity index (χ0) is 9.31. The van der Waals surface area contributed by atoms with Gasteiger partial charge in [-0.25, -0.2) is 0 Å². The lowest BCUT2D eigenvalue weighted by Crippen LogP contribution is -2.43. The third-order valence-electron chi connectivity index (χ3n) is 3.65. The molecule has 0 bridgehead atoms. The fraction of sp³-hybridized carbons (Fsp3) is 1.00. The van der Waals surface area contributed by atoms with E-state index in [0.29, 0.717) is 0 Å². The van der Waals surface area contributed by atoms with E-state index in [1.165, 1.54) is 25.7 Å². The molecule has 0 aromatic heterocycles. The quantitative estimate of drug-likeness (QED) is 0.695. The van der Waals surface area contributed by atoms with Gasteiger partial charge >= 0.3 is 0 Å². The van der Waals surface area contributed by atoms with Gasteiger partial charge in [-0.2, -0.15) is 0 Å². The van der Waals surface area contributed by atoms with Gasteiger partial charge in [-0.05, 0) is 51.0 Å². The first-order valence-electron chi connectivity index (χ1n) is 5.60. The molecule has 2 unspecified atom stereocenters. The molecule has 0 heterocycles. The van der Waals surface area contributed by atoms with E-state index in [1.54, 1.807) is 0 Å². The van der Waals surface area contributed by atoms with Crippen LogP contribution in [0.2, 0.25) is 0 Å². The van der Waals surface area contributed by atoms with Crippen molar-refractivity contribution >= 4 is 0 Å². The zero-order valence-electron chi connectivity index (χ0n) is 8.55. The lowest BCUT2D eigenvalue weighted by Gasteiger charge is -2.37. The van der Waals surface area contributed by atoms with Crippen LogP contribution in [-0.4, -0.2) is 24.3 Å². The molecule has 0 aliphatic heterocycles. The molecule has 2 fully saturated rings. The van der Waals surface area contributed by atoms with E-state index in [9.17, 15) is 5.11 Å². The Bertz CT molecular complexity index is 175. The second-order valence-electron chi connectivity index (χ2n) is 4.95. The van der Waals surface area contributed by atoms with Crippen molar-refractivity contribution in [2.45, 2.75) is 44.1 Å². The Hall–Kier alpha value is -0.0800. The van der Waals surface area contributed by atoms with Gasteiger partial charge in [0.1, 0.15) is 0 Å². The first-order valence-corrected chi connectivity index (χ1v) is 5.60. The summed E-state index contributed by atoms with van der Waals surface area (Å²) >= 11 is 0. The second kappa shape index (κ2) is 3.58. The minimum Gasteiger partial charge on any atom is -0.389 e. The Morgan fingerprint density at radius 2 is 2.08 bits per heavy atom. The third kappa shape index (κ3) is 2.23. The Labute approximate surface area is 80.7 Å². The minimum absolute atomic E-state index is 0.389. The highest BCUT2D eigenvalue weighted by Gasteiger charge is 2.40. The molecule has 2 atom stereocenters. The fourth-order valence-electron chi connectivity index (χ4n) is 2.85. The van der Waals surface area contributed by atoms with Crippen LogP contribution < -0.4 is 5.32 Å². The average Bonchev–Trinajstić information content (AvgIpc) is 2.86. The van der Waals surface area contributed by atoms with Crippen molar-refractivity contribution < 1.29 is 5.11 Å². The van der Waals surface area contributed by atoms with Crippen LogP contribution in [0.5, 0.6) is 0 Å². The van der Waals surface area contributed by atoms with Crippen molar-refractivity contribution in [2.24, 2.45) is 11.8 Å². The zero-order valence-corrected chi connectivity index (χ0v) is 8.55. The summed E-state index contributed by atoms with van der Waals surface area (Å²) in [6.45, 7) is 0.774. The van der Waals surface area contributed by atoms with E-state index in [0.717, 1.165) is 31.2 Å². The summed E-state index contributed by atoms with van der Waals surface area (Å²) in [7, 11) is 1.93. The molecule has 0 amide bonds. The molecule has 0 saturated heterocycles. The summed E-state index contributed by atoms with van der Waals surface area (Å²) in [5.41, 5.74) is -0.389. The van der Waals surface area contributed by atoms with Crippen molar-refractivity contribution in [2.75, 3.05) is 13.6 Å². The van der Waals surface area contributed by atoms with Gasteiger partial charge in [0.15, 0.2) is 0 Å². The number of nitrogens with one attached hydrogen (secondary N) is 1. The highest BCUT2D eigenvalue weighted by molar-refractivity contribution is 4.93. The predicted octanol–water partition coefficient (Wildman–Crippen LogP) is 1.54. The molecule has 0 radical (unpaired) electrons. The Balaban J connectivity index is 1.89. The molecule has 13 heavy (non-hydrogen) atoms. The van der Waals surface area contributed by atoms with Gasteiger partial charge in [-0.15, -0.1) is 0 Å². The summed E-state index contributed by atoms with van der Waals surface area (Å²) in [6.07, 6.45) is 7.45. The highest BCUT2D eigenvalue weighted by Crippen LogP contribution is 2.46. The van der Waals surface area contributed by atoms with Crippen LogP contribution in [0.15, 0.2) is 0 Å². The minimum atomic E-state index is -0.389. The van der Waals surface area contributed by atoms with Crippen molar-refractivity contribution in [1.29, 1.82) is 0 Å². The predicted molar refractivity (Wildman–Crippen MR) is 53.6 cm³/mol. The smallest absolute Gasteiger partial charge is 0.0774 e. The first-order chi connectivity index (χ1) is 6.23. The molecule has 2 aliphatic rings. The van der Waals surface area contributed by atoms with Crippen molar-refractivity contribution in [3.63, 3.8) is 0 Å². The van der Waals surface area contributed by atoms with Gasteiger partial charge < -0.3 is 10.4 Å². The van der Waals surface area contributed by atoms with Gasteiger partial charge in [-0.1, -0.05) is 6.42 Å². The van der Waals surface area contributed by atoms with Crippen molar-refractivity contribution in [3.05, 3.63) is 0 Å². The van der Waals surface area contributed by atoms with E-state index in [-0.39, 0.29) is 5.60 Å². The van der Waals surface area contributed by atoms with Gasteiger partial charge in [-0.3, -0.25) is 0 Å². The standard InChI is InChI=1S/C11H21NO/c1-12-8-11(13)6-2-3-10(7-11)9-4-5-9/h9-10,12-13H,2-8H2,1H3. The van der Waals surface area contributed by atoms with E-state index in [2.05, 4.69) is 5.32 Å². The number of rotatable bonds is 3. The normalized spacial score (nSPS) is 40.6. The maximum absolute atomic E-state index is 10.3. The van der Waals surface area contributed by atoms with Gasteiger partial charge in [0, 0.05) is 6.54 Å². The molecular weight excluding hydrogens is 162 g/mol. The van der Waals surface area contributed by atoms with Crippen LogP contribution >= 0.6 is 0 Å². The van der Waals surface area contributed by atoms with E-state index in [4.69, 9.17) is 0 Å². The molecule has 0 aromatic carbocycles. The SMILES string of the molecule is CNCC1(O)CCCC(C2CC2)C1. The van der Waals surface area contributed by atoms with Gasteiger partial charge in [0.25, 0.3) is 0 Å². The second-order valence-corrected chi connectivity index (χ2v) is 4.95. The van der Waals surface area contributed by atoms with Gasteiger partial charge in [0.2, 0.25) is 0 Å². The average molecular weight is 183 g/mol. The lowest BCUT2D eigenvalue weighted by atomic mass is 9.76. The molecule has 2 nitrogen and oxygen atoms in total. The molecule has 2 aliphatic carbocycles. The Morgan fingerprint density at radius 1 is 1.31 bits per heavy atom. The van der Waals surface area contributed by atoms with Crippen LogP contribution in [0, 0.1) is 11.8 Å². The number of aliphatic hydroxyl groups is 1. The van der Waals surface area contributed by atoms with Crippen molar-refractivity contribution in [1.82, 2.24) is 5.32 Å². The highest BCUT2D eigenvalue weighted by atomic mass is 16.3. The van der Waals surface area contributed by atoms with Crippen LogP contribution in [-0.2, 0) is 0 Å². The summed E-state index contributed by atoms with van der Waals surface area (Å²) in [5, 5.41) is 13.4. The van der Waals surface area contributed by atoms with Crippen molar-refractivity contribution in [3.8, 4) is 0 Å². The summed E-state index contributed by atoms with van der Waals surface area (Å²) in [4.78, 5) is 0. The summed E-state index contributed by atoms with van der Waals surface area (Å²) < 4.78 is 0. The molecule has 0 spiro atoms. The molecule has 2 heteroatoms. The topological polar surface area (TPSA) is 32.3 Å². The maximum atomic E-state index is 10.3. The van der Waals surface area contributed by atoms with Crippen LogP contribution in [0.25, 0.3) is 0 Å². The number of hydrogen-bond donors (Lipinski definition) is 2. The molecule has 2 rings (SSSR count). The van der Waals surface area contributed by atoms with Gasteiger partial charge in [0.05, 0.1) is 5.60 Å². The molecule has 2 N–H and O–H groups in total. The Kier molecular flexibility index (Phi) is 2.61. The van der Waals surface area contributed by atoms with Crippen LogP contribution in [0.4, 0.5) is 0 Å². The van der Waals surface area contributed by atoms with E-state index >= 15 is 0 Å². The maximum Gasteiger partial charge on any atom is 0.0774 e. The molecule has 0 aromatic rings. The summed E-state index contributed by atoms with van der Waals surface area (Å²) in [5.74, 6) is 1.79. The Morgan fingerprint density at radius 3 is 2.69 bits per heavy atom. The fourth-order valence-corrected chi connectivity index (χ4v) is 2.85.